The van der Waals surface area contributed by atoms with E-state index in [0.717, 1.165) is 24.9 Å². The highest BCUT2D eigenvalue weighted by molar-refractivity contribution is 6.31. The lowest BCUT2D eigenvalue weighted by Gasteiger charge is -2.19. The zero-order valence-electron chi connectivity index (χ0n) is 11.5. The minimum atomic E-state index is -0.272. The summed E-state index contributed by atoms with van der Waals surface area (Å²) in [4.78, 5) is 0. The zero-order valence-corrected chi connectivity index (χ0v) is 12.2. The largest absolute Gasteiger partial charge is 0.314 e. The van der Waals surface area contributed by atoms with E-state index in [0.29, 0.717) is 17.0 Å². The second-order valence-corrected chi connectivity index (χ2v) is 5.57. The minimum absolute atomic E-state index is 0.272. The number of halogens is 2. The molecule has 0 fully saturated rings. The second-order valence-electron chi connectivity index (χ2n) is 5.17. The Hall–Kier alpha value is -0.600. The van der Waals surface area contributed by atoms with E-state index in [1.54, 1.807) is 6.07 Å². The van der Waals surface area contributed by atoms with Crippen LogP contribution in [0.4, 0.5) is 4.39 Å². The van der Waals surface area contributed by atoms with Crippen LogP contribution in [0.3, 0.4) is 0 Å². The number of rotatable bonds is 7. The van der Waals surface area contributed by atoms with Gasteiger partial charge < -0.3 is 5.32 Å². The van der Waals surface area contributed by atoms with Crippen molar-refractivity contribution in [3.05, 3.63) is 34.6 Å². The molecule has 0 aromatic heterocycles. The SMILES string of the molecule is CCNC(CCC(C)C)Cc1ccc(F)cc1Cl. The summed E-state index contributed by atoms with van der Waals surface area (Å²) in [5.41, 5.74) is 1.02. The van der Waals surface area contributed by atoms with Gasteiger partial charge in [-0.05, 0) is 49.4 Å². The fourth-order valence-electron chi connectivity index (χ4n) is 2.05. The molecule has 102 valence electrons. The molecule has 1 nitrogen and oxygen atoms in total. The quantitative estimate of drug-likeness (QED) is 0.773. The van der Waals surface area contributed by atoms with Crippen molar-refractivity contribution in [3.8, 4) is 0 Å². The Labute approximate surface area is 115 Å². The van der Waals surface area contributed by atoms with Gasteiger partial charge in [-0.1, -0.05) is 38.4 Å². The molecule has 0 bridgehead atoms. The highest BCUT2D eigenvalue weighted by atomic mass is 35.5. The summed E-state index contributed by atoms with van der Waals surface area (Å²) in [7, 11) is 0. The number of benzene rings is 1. The third-order valence-corrected chi connectivity index (χ3v) is 3.42. The molecular formula is C15H23ClFN. The molecule has 1 rings (SSSR count). The van der Waals surface area contributed by atoms with Crippen molar-refractivity contribution in [1.29, 1.82) is 0 Å². The molecule has 0 aliphatic rings. The van der Waals surface area contributed by atoms with E-state index >= 15 is 0 Å². The summed E-state index contributed by atoms with van der Waals surface area (Å²) in [5.74, 6) is 0.431. The minimum Gasteiger partial charge on any atom is -0.314 e. The van der Waals surface area contributed by atoms with Gasteiger partial charge in [0.05, 0.1) is 0 Å². The first kappa shape index (κ1) is 15.5. The standard InChI is InChI=1S/C15H23ClFN/c1-4-18-14(8-5-11(2)3)9-12-6-7-13(17)10-15(12)16/h6-7,10-11,14,18H,4-5,8-9H2,1-3H3. The van der Waals surface area contributed by atoms with Crippen LogP contribution in [-0.4, -0.2) is 12.6 Å². The van der Waals surface area contributed by atoms with E-state index < -0.39 is 0 Å². The fraction of sp³-hybridized carbons (Fsp3) is 0.600. The summed E-state index contributed by atoms with van der Waals surface area (Å²) >= 11 is 6.07. The maximum Gasteiger partial charge on any atom is 0.124 e. The van der Waals surface area contributed by atoms with E-state index in [-0.39, 0.29) is 5.82 Å². The summed E-state index contributed by atoms with van der Waals surface area (Å²) < 4.78 is 13.0. The smallest absolute Gasteiger partial charge is 0.124 e. The van der Waals surface area contributed by atoms with Crippen molar-refractivity contribution in [1.82, 2.24) is 5.32 Å². The molecule has 0 aliphatic heterocycles. The van der Waals surface area contributed by atoms with Gasteiger partial charge in [-0.15, -0.1) is 0 Å². The van der Waals surface area contributed by atoms with Gasteiger partial charge >= 0.3 is 0 Å². The van der Waals surface area contributed by atoms with Crippen molar-refractivity contribution in [3.63, 3.8) is 0 Å². The van der Waals surface area contributed by atoms with Crippen molar-refractivity contribution in [2.75, 3.05) is 6.54 Å². The van der Waals surface area contributed by atoms with Gasteiger partial charge in [-0.3, -0.25) is 0 Å². The Bertz CT molecular complexity index is 366. The molecule has 0 spiro atoms. The molecule has 0 saturated carbocycles. The molecule has 1 aromatic rings. The Balaban J connectivity index is 2.64. The van der Waals surface area contributed by atoms with Gasteiger partial charge in [-0.25, -0.2) is 4.39 Å². The summed E-state index contributed by atoms with van der Waals surface area (Å²) in [5, 5.41) is 4.01. The maximum atomic E-state index is 13.0. The van der Waals surface area contributed by atoms with Crippen LogP contribution >= 0.6 is 11.6 Å². The third kappa shape index (κ3) is 5.36. The molecule has 0 heterocycles. The van der Waals surface area contributed by atoms with Gasteiger partial charge in [0, 0.05) is 11.1 Å². The highest BCUT2D eigenvalue weighted by Gasteiger charge is 2.12. The molecule has 1 N–H and O–H groups in total. The third-order valence-electron chi connectivity index (χ3n) is 3.07. The zero-order chi connectivity index (χ0) is 13.5. The molecule has 0 aliphatic carbocycles. The Morgan fingerprint density at radius 3 is 2.56 bits per heavy atom. The van der Waals surface area contributed by atoms with Crippen molar-refractivity contribution in [2.45, 2.75) is 46.1 Å². The predicted molar refractivity (Wildman–Crippen MR) is 76.7 cm³/mol. The van der Waals surface area contributed by atoms with Crippen LogP contribution in [-0.2, 0) is 6.42 Å². The average molecular weight is 272 g/mol. The molecule has 1 atom stereocenters. The summed E-state index contributed by atoms with van der Waals surface area (Å²) in [6.07, 6.45) is 3.18. The lowest BCUT2D eigenvalue weighted by atomic mass is 9.97. The Kier molecular flexibility index (Phi) is 6.66. The molecule has 3 heteroatoms. The van der Waals surface area contributed by atoms with E-state index in [9.17, 15) is 4.39 Å². The summed E-state index contributed by atoms with van der Waals surface area (Å²) in [6.45, 7) is 7.51. The van der Waals surface area contributed by atoms with E-state index in [4.69, 9.17) is 11.6 Å². The van der Waals surface area contributed by atoms with Gasteiger partial charge in [0.15, 0.2) is 0 Å². The fourth-order valence-corrected chi connectivity index (χ4v) is 2.30. The number of likely N-dealkylation sites (N-methyl/N-ethyl adjacent to an activating group) is 1. The highest BCUT2D eigenvalue weighted by Crippen LogP contribution is 2.20. The van der Waals surface area contributed by atoms with Crippen LogP contribution < -0.4 is 5.32 Å². The van der Waals surface area contributed by atoms with E-state index in [1.165, 1.54) is 18.6 Å². The van der Waals surface area contributed by atoms with Gasteiger partial charge in [0.1, 0.15) is 5.82 Å². The van der Waals surface area contributed by atoms with Crippen molar-refractivity contribution < 1.29 is 4.39 Å². The number of hydrogen-bond donors (Lipinski definition) is 1. The Morgan fingerprint density at radius 2 is 2.00 bits per heavy atom. The monoisotopic (exact) mass is 271 g/mol. The predicted octanol–water partition coefficient (Wildman–Crippen LogP) is 4.44. The van der Waals surface area contributed by atoms with Crippen LogP contribution in [0.1, 0.15) is 39.2 Å². The van der Waals surface area contributed by atoms with Crippen LogP contribution in [0, 0.1) is 11.7 Å². The lowest BCUT2D eigenvalue weighted by molar-refractivity contribution is 0.434. The van der Waals surface area contributed by atoms with Crippen molar-refractivity contribution in [2.24, 2.45) is 5.92 Å². The molecule has 0 amide bonds. The first-order valence-electron chi connectivity index (χ1n) is 6.70. The van der Waals surface area contributed by atoms with E-state index in [2.05, 4.69) is 26.1 Å². The van der Waals surface area contributed by atoms with Crippen LogP contribution in [0.5, 0.6) is 0 Å². The van der Waals surface area contributed by atoms with Crippen LogP contribution in [0.25, 0.3) is 0 Å². The molecule has 18 heavy (non-hydrogen) atoms. The molecule has 1 unspecified atom stereocenters. The van der Waals surface area contributed by atoms with E-state index in [1.807, 2.05) is 0 Å². The first-order valence-corrected chi connectivity index (χ1v) is 7.08. The molecule has 0 saturated heterocycles. The maximum absolute atomic E-state index is 13.0. The molecule has 0 radical (unpaired) electrons. The number of hydrogen-bond acceptors (Lipinski definition) is 1. The van der Waals surface area contributed by atoms with Gasteiger partial charge in [0.25, 0.3) is 0 Å². The normalized spacial score (nSPS) is 13.0. The lowest BCUT2D eigenvalue weighted by Crippen LogP contribution is -2.31. The molecular weight excluding hydrogens is 249 g/mol. The van der Waals surface area contributed by atoms with Crippen LogP contribution in [0.2, 0.25) is 5.02 Å². The first-order chi connectivity index (χ1) is 8.52. The molecule has 1 aromatic carbocycles. The second kappa shape index (κ2) is 7.75. The summed E-state index contributed by atoms with van der Waals surface area (Å²) in [6, 6.07) is 5.08. The van der Waals surface area contributed by atoms with Crippen LogP contribution in [0.15, 0.2) is 18.2 Å². The average Bonchev–Trinajstić information content (AvgIpc) is 2.29. The number of nitrogens with one attached hydrogen (secondary N) is 1. The van der Waals surface area contributed by atoms with Crippen molar-refractivity contribution >= 4 is 11.6 Å². The van der Waals surface area contributed by atoms with Gasteiger partial charge in [-0.2, -0.15) is 0 Å². The topological polar surface area (TPSA) is 12.0 Å². The van der Waals surface area contributed by atoms with Gasteiger partial charge in [0.2, 0.25) is 0 Å². The Morgan fingerprint density at radius 1 is 1.28 bits per heavy atom.